The van der Waals surface area contributed by atoms with Gasteiger partial charge in [-0.05, 0) is 39.6 Å². The Morgan fingerprint density at radius 3 is 2.52 bits per heavy atom. The lowest BCUT2D eigenvalue weighted by atomic mass is 9.66. The van der Waals surface area contributed by atoms with E-state index >= 15 is 0 Å². The van der Waals surface area contributed by atoms with Crippen LogP contribution in [0, 0.1) is 16.7 Å². The van der Waals surface area contributed by atoms with Crippen LogP contribution >= 0.6 is 11.3 Å². The van der Waals surface area contributed by atoms with Crippen LogP contribution in [-0.4, -0.2) is 28.7 Å². The summed E-state index contributed by atoms with van der Waals surface area (Å²) in [5, 5.41) is 19.8. The summed E-state index contributed by atoms with van der Waals surface area (Å²) in [5.74, 6) is -0.116. The Labute approximate surface area is 199 Å². The fourth-order valence-corrected chi connectivity index (χ4v) is 5.64. The molecule has 1 saturated heterocycles. The first-order valence-corrected chi connectivity index (χ1v) is 11.8. The molecule has 1 fully saturated rings. The Bertz CT molecular complexity index is 1260. The highest BCUT2D eigenvalue weighted by molar-refractivity contribution is 7.10. The SMILES string of the molecule is CN1C(=N)C[C@](C)(c2cc(-c3cncc(C#N)c3)cs2)[C@@H](c2ccc(C(C)(C)C)cc2)C1=O. The van der Waals surface area contributed by atoms with Crippen molar-refractivity contribution in [3.8, 4) is 17.2 Å². The minimum absolute atomic E-state index is 0.0337. The van der Waals surface area contributed by atoms with Gasteiger partial charge in [-0.3, -0.25) is 15.2 Å². The summed E-state index contributed by atoms with van der Waals surface area (Å²) in [4.78, 5) is 20.2. The molecule has 2 aromatic heterocycles. The van der Waals surface area contributed by atoms with Gasteiger partial charge in [-0.15, -0.1) is 11.3 Å². The fourth-order valence-electron chi connectivity index (χ4n) is 4.53. The number of nitriles is 1. The molecule has 1 aromatic carbocycles. The van der Waals surface area contributed by atoms with E-state index in [1.54, 1.807) is 30.8 Å². The number of likely N-dealkylation sites (N-methyl/N-ethyl adjacent to an activating group) is 1. The summed E-state index contributed by atoms with van der Waals surface area (Å²) >= 11 is 1.60. The summed E-state index contributed by atoms with van der Waals surface area (Å²) in [5.41, 5.74) is 4.04. The molecule has 4 rings (SSSR count). The van der Waals surface area contributed by atoms with Gasteiger partial charge in [0.1, 0.15) is 11.9 Å². The number of nitrogens with zero attached hydrogens (tertiary/aromatic N) is 3. The summed E-state index contributed by atoms with van der Waals surface area (Å²) < 4.78 is 0. The number of pyridine rings is 1. The molecule has 3 heterocycles. The Balaban J connectivity index is 1.79. The smallest absolute Gasteiger partial charge is 0.236 e. The van der Waals surface area contributed by atoms with Gasteiger partial charge in [0.25, 0.3) is 0 Å². The van der Waals surface area contributed by atoms with Crippen molar-refractivity contribution >= 4 is 23.1 Å². The van der Waals surface area contributed by atoms with Crippen LogP contribution in [0.1, 0.15) is 61.6 Å². The molecule has 1 amide bonds. The van der Waals surface area contributed by atoms with Gasteiger partial charge in [0.2, 0.25) is 5.91 Å². The maximum Gasteiger partial charge on any atom is 0.236 e. The number of likely N-dealkylation sites (tertiary alicyclic amines) is 1. The van der Waals surface area contributed by atoms with Crippen molar-refractivity contribution in [3.05, 3.63) is 75.7 Å². The topological polar surface area (TPSA) is 80.8 Å². The number of aromatic nitrogens is 1. The lowest BCUT2D eigenvalue weighted by Crippen LogP contribution is -2.51. The lowest BCUT2D eigenvalue weighted by Gasteiger charge is -2.44. The van der Waals surface area contributed by atoms with Gasteiger partial charge < -0.3 is 4.90 Å². The average molecular weight is 457 g/mol. The number of piperidine rings is 1. The van der Waals surface area contributed by atoms with E-state index in [9.17, 15) is 10.1 Å². The number of rotatable bonds is 3. The molecule has 33 heavy (non-hydrogen) atoms. The van der Waals surface area contributed by atoms with E-state index < -0.39 is 5.41 Å². The van der Waals surface area contributed by atoms with Crippen molar-refractivity contribution < 1.29 is 4.79 Å². The monoisotopic (exact) mass is 456 g/mol. The number of amidine groups is 1. The van der Waals surface area contributed by atoms with Crippen LogP contribution in [0.25, 0.3) is 11.1 Å². The first-order chi connectivity index (χ1) is 15.5. The van der Waals surface area contributed by atoms with Crippen molar-refractivity contribution in [1.29, 1.82) is 10.7 Å². The van der Waals surface area contributed by atoms with Gasteiger partial charge in [-0.2, -0.15) is 5.26 Å². The summed E-state index contributed by atoms with van der Waals surface area (Å²) in [6, 6.07) is 14.4. The van der Waals surface area contributed by atoms with Crippen LogP contribution in [0.3, 0.4) is 0 Å². The van der Waals surface area contributed by atoms with Gasteiger partial charge in [-0.1, -0.05) is 52.0 Å². The molecule has 2 atom stereocenters. The second kappa shape index (κ2) is 8.24. The quantitative estimate of drug-likeness (QED) is 0.536. The van der Waals surface area contributed by atoms with Crippen molar-refractivity contribution in [3.63, 3.8) is 0 Å². The molecule has 1 aliphatic rings. The number of hydrogen-bond donors (Lipinski definition) is 1. The predicted molar refractivity (Wildman–Crippen MR) is 133 cm³/mol. The standard InChI is InChI=1S/C27H28N4OS/c1-26(2,3)21-8-6-18(7-9-21)24-25(32)31(5)23(29)12-27(24,4)22-11-20(16-33-22)19-10-17(13-28)14-30-15-19/h6-11,14-16,24,29H,12H2,1-5H3/t24-,27+/m0/s1. The van der Waals surface area contributed by atoms with Crippen LogP contribution in [0.2, 0.25) is 0 Å². The van der Waals surface area contributed by atoms with Crippen molar-refractivity contribution in [2.45, 2.75) is 50.9 Å². The highest BCUT2D eigenvalue weighted by Crippen LogP contribution is 2.49. The van der Waals surface area contributed by atoms with E-state index in [2.05, 4.69) is 69.1 Å². The van der Waals surface area contributed by atoms with Gasteiger partial charge in [0.15, 0.2) is 0 Å². The summed E-state index contributed by atoms with van der Waals surface area (Å²) in [6.07, 6.45) is 3.77. The normalized spacial score (nSPS) is 21.2. The minimum Gasteiger partial charge on any atom is -0.303 e. The number of carbonyl (C=O) groups is 1. The molecule has 0 aliphatic carbocycles. The summed E-state index contributed by atoms with van der Waals surface area (Å²) in [7, 11) is 1.69. The molecule has 1 aliphatic heterocycles. The third kappa shape index (κ3) is 4.09. The maximum absolute atomic E-state index is 13.5. The molecule has 0 spiro atoms. The van der Waals surface area contributed by atoms with E-state index in [4.69, 9.17) is 5.41 Å². The molecule has 3 aromatic rings. The highest BCUT2D eigenvalue weighted by Gasteiger charge is 2.49. The van der Waals surface area contributed by atoms with Gasteiger partial charge in [0.05, 0.1) is 11.5 Å². The molecule has 168 valence electrons. The largest absolute Gasteiger partial charge is 0.303 e. The van der Waals surface area contributed by atoms with Crippen LogP contribution in [0.15, 0.2) is 54.2 Å². The molecule has 0 radical (unpaired) electrons. The first-order valence-electron chi connectivity index (χ1n) is 10.9. The lowest BCUT2D eigenvalue weighted by molar-refractivity contribution is -0.131. The average Bonchev–Trinajstić information content (AvgIpc) is 3.29. The number of amides is 1. The number of thiophene rings is 1. The minimum atomic E-state index is -0.549. The Morgan fingerprint density at radius 1 is 1.18 bits per heavy atom. The second-order valence-corrected chi connectivity index (χ2v) is 10.9. The predicted octanol–water partition coefficient (Wildman–Crippen LogP) is 5.86. The number of hydrogen-bond acceptors (Lipinski definition) is 5. The molecule has 1 N–H and O–H groups in total. The Kier molecular flexibility index (Phi) is 5.71. The molecule has 0 bridgehead atoms. The Hall–Kier alpha value is -3.30. The molecular formula is C27H28N4OS. The molecule has 5 nitrogen and oxygen atoms in total. The van der Waals surface area contributed by atoms with Crippen LogP contribution < -0.4 is 0 Å². The Morgan fingerprint density at radius 2 is 1.88 bits per heavy atom. The van der Waals surface area contributed by atoms with E-state index in [0.717, 1.165) is 21.6 Å². The van der Waals surface area contributed by atoms with Gasteiger partial charge >= 0.3 is 0 Å². The van der Waals surface area contributed by atoms with Crippen LogP contribution in [0.4, 0.5) is 0 Å². The van der Waals surface area contributed by atoms with E-state index in [-0.39, 0.29) is 17.2 Å². The number of benzene rings is 1. The van der Waals surface area contributed by atoms with Crippen molar-refractivity contribution in [1.82, 2.24) is 9.88 Å². The molecular weight excluding hydrogens is 428 g/mol. The van der Waals surface area contributed by atoms with Crippen LogP contribution in [-0.2, 0) is 15.6 Å². The van der Waals surface area contributed by atoms with Crippen molar-refractivity contribution in [2.24, 2.45) is 0 Å². The third-order valence-corrected chi connectivity index (χ3v) is 7.84. The third-order valence-electron chi connectivity index (χ3n) is 6.63. The number of nitrogens with one attached hydrogen (secondary N) is 1. The first kappa shape index (κ1) is 22.9. The zero-order valence-electron chi connectivity index (χ0n) is 19.6. The van der Waals surface area contributed by atoms with Gasteiger partial charge in [0, 0.05) is 41.7 Å². The molecule has 6 heteroatoms. The molecule has 0 saturated carbocycles. The van der Waals surface area contributed by atoms with Crippen molar-refractivity contribution in [2.75, 3.05) is 7.05 Å². The summed E-state index contributed by atoms with van der Waals surface area (Å²) in [6.45, 7) is 8.62. The zero-order valence-corrected chi connectivity index (χ0v) is 20.5. The van der Waals surface area contributed by atoms with Gasteiger partial charge in [-0.25, -0.2) is 0 Å². The molecule has 0 unspecified atom stereocenters. The number of carbonyl (C=O) groups excluding carboxylic acids is 1. The zero-order chi connectivity index (χ0) is 24.0. The van der Waals surface area contributed by atoms with E-state index in [0.29, 0.717) is 17.8 Å². The fraction of sp³-hybridized carbons (Fsp3) is 0.333. The van der Waals surface area contributed by atoms with E-state index in [1.807, 2.05) is 11.4 Å². The highest BCUT2D eigenvalue weighted by atomic mass is 32.1. The maximum atomic E-state index is 13.5. The van der Waals surface area contributed by atoms with E-state index in [1.165, 1.54) is 10.5 Å². The second-order valence-electron chi connectivity index (χ2n) is 10.0. The van der Waals surface area contributed by atoms with Crippen LogP contribution in [0.5, 0.6) is 0 Å².